The van der Waals surface area contributed by atoms with E-state index in [-0.39, 0.29) is 0 Å². The molecule has 0 nitrogen and oxygen atoms in total. The Hall–Kier alpha value is -1.60. The SMILES string of the molecule is C[Si](C)(C/C=C/Cc1ccccc1)c1ccccc1. The Balaban J connectivity index is 1.91. The lowest BCUT2D eigenvalue weighted by Gasteiger charge is -2.20. The monoisotopic (exact) mass is 266 g/mol. The summed E-state index contributed by atoms with van der Waals surface area (Å²) in [6.07, 6.45) is 5.72. The van der Waals surface area contributed by atoms with E-state index in [2.05, 4.69) is 85.9 Å². The Kier molecular flexibility index (Phi) is 4.75. The van der Waals surface area contributed by atoms with Crippen molar-refractivity contribution in [3.63, 3.8) is 0 Å². The molecule has 0 radical (unpaired) electrons. The van der Waals surface area contributed by atoms with Crippen molar-refractivity contribution < 1.29 is 0 Å². The molecule has 0 saturated heterocycles. The minimum absolute atomic E-state index is 1.04. The van der Waals surface area contributed by atoms with Crippen LogP contribution in [-0.4, -0.2) is 8.07 Å². The summed E-state index contributed by atoms with van der Waals surface area (Å²) in [6.45, 7) is 4.88. The van der Waals surface area contributed by atoms with Gasteiger partial charge in [0.15, 0.2) is 0 Å². The molecule has 0 unspecified atom stereocenters. The zero-order valence-corrected chi connectivity index (χ0v) is 12.8. The molecule has 0 atom stereocenters. The fraction of sp³-hybridized carbons (Fsp3) is 0.222. The summed E-state index contributed by atoms with van der Waals surface area (Å²) in [5, 5.41) is 1.54. The lowest BCUT2D eigenvalue weighted by atomic mass is 10.1. The van der Waals surface area contributed by atoms with Crippen molar-refractivity contribution in [1.82, 2.24) is 0 Å². The first-order valence-corrected chi connectivity index (χ1v) is 10.1. The van der Waals surface area contributed by atoms with Gasteiger partial charge in [0.1, 0.15) is 0 Å². The van der Waals surface area contributed by atoms with E-state index in [0.717, 1.165) is 6.42 Å². The Morgan fingerprint density at radius 3 is 2.00 bits per heavy atom. The van der Waals surface area contributed by atoms with Gasteiger partial charge in [-0.3, -0.25) is 0 Å². The first kappa shape index (κ1) is 13.8. The minimum atomic E-state index is -1.30. The molecular weight excluding hydrogens is 244 g/mol. The van der Waals surface area contributed by atoms with Gasteiger partial charge < -0.3 is 0 Å². The summed E-state index contributed by atoms with van der Waals surface area (Å²) >= 11 is 0. The highest BCUT2D eigenvalue weighted by Gasteiger charge is 2.20. The van der Waals surface area contributed by atoms with Crippen LogP contribution in [0.4, 0.5) is 0 Å². The topological polar surface area (TPSA) is 0 Å². The van der Waals surface area contributed by atoms with Crippen molar-refractivity contribution in [2.75, 3.05) is 0 Å². The molecule has 0 N–H and O–H groups in total. The van der Waals surface area contributed by atoms with Crippen LogP contribution in [-0.2, 0) is 6.42 Å². The molecule has 0 aliphatic heterocycles. The van der Waals surface area contributed by atoms with Gasteiger partial charge in [0.05, 0.1) is 8.07 Å². The first-order chi connectivity index (χ1) is 9.18. The van der Waals surface area contributed by atoms with Crippen molar-refractivity contribution in [3.05, 3.63) is 78.4 Å². The second-order valence-corrected chi connectivity index (χ2v) is 10.4. The van der Waals surface area contributed by atoms with Crippen LogP contribution in [0.1, 0.15) is 5.56 Å². The lowest BCUT2D eigenvalue weighted by Crippen LogP contribution is -2.40. The molecule has 98 valence electrons. The van der Waals surface area contributed by atoms with Crippen molar-refractivity contribution >= 4 is 13.3 Å². The molecule has 0 bridgehead atoms. The van der Waals surface area contributed by atoms with Crippen LogP contribution in [0.15, 0.2) is 72.8 Å². The zero-order chi connectivity index (χ0) is 13.6. The minimum Gasteiger partial charge on any atom is -0.0905 e. The molecule has 0 aromatic heterocycles. The summed E-state index contributed by atoms with van der Waals surface area (Å²) in [5.74, 6) is 0. The van der Waals surface area contributed by atoms with E-state index < -0.39 is 8.07 Å². The molecule has 0 amide bonds. The summed E-state index contributed by atoms with van der Waals surface area (Å²) < 4.78 is 0. The van der Waals surface area contributed by atoms with Gasteiger partial charge in [0.2, 0.25) is 0 Å². The predicted molar refractivity (Wildman–Crippen MR) is 87.7 cm³/mol. The number of rotatable bonds is 5. The Morgan fingerprint density at radius 1 is 0.789 bits per heavy atom. The smallest absolute Gasteiger partial charge is 0.0843 e. The van der Waals surface area contributed by atoms with Crippen LogP contribution in [0.3, 0.4) is 0 Å². The van der Waals surface area contributed by atoms with Crippen molar-refractivity contribution in [2.24, 2.45) is 0 Å². The number of hydrogen-bond acceptors (Lipinski definition) is 0. The molecule has 0 saturated carbocycles. The van der Waals surface area contributed by atoms with E-state index in [9.17, 15) is 0 Å². The van der Waals surface area contributed by atoms with Gasteiger partial charge in [0, 0.05) is 0 Å². The molecule has 2 aromatic rings. The molecular formula is C18H22Si. The third kappa shape index (κ3) is 4.21. The molecule has 1 heteroatoms. The summed E-state index contributed by atoms with van der Waals surface area (Å²) in [4.78, 5) is 0. The Labute approximate surface area is 117 Å². The molecule has 0 spiro atoms. The second-order valence-electron chi connectivity index (χ2n) is 5.62. The molecule has 2 aromatic carbocycles. The molecule has 0 aliphatic rings. The largest absolute Gasteiger partial charge is 0.0905 e. The molecule has 19 heavy (non-hydrogen) atoms. The number of allylic oxidation sites excluding steroid dienone is 2. The molecule has 0 heterocycles. The number of benzene rings is 2. The van der Waals surface area contributed by atoms with E-state index >= 15 is 0 Å². The Morgan fingerprint density at radius 2 is 1.37 bits per heavy atom. The second kappa shape index (κ2) is 6.53. The van der Waals surface area contributed by atoms with Gasteiger partial charge in [-0.15, -0.1) is 0 Å². The van der Waals surface area contributed by atoms with Gasteiger partial charge in [-0.1, -0.05) is 91.1 Å². The van der Waals surface area contributed by atoms with E-state index in [4.69, 9.17) is 0 Å². The third-order valence-corrected chi connectivity index (χ3v) is 6.70. The summed E-state index contributed by atoms with van der Waals surface area (Å²) in [6, 6.07) is 22.8. The average molecular weight is 266 g/mol. The summed E-state index contributed by atoms with van der Waals surface area (Å²) in [7, 11) is -1.30. The highest BCUT2D eigenvalue weighted by atomic mass is 28.3. The van der Waals surface area contributed by atoms with Crippen LogP contribution in [0.5, 0.6) is 0 Å². The van der Waals surface area contributed by atoms with Crippen LogP contribution >= 0.6 is 0 Å². The molecule has 0 fully saturated rings. The normalized spacial score (nSPS) is 11.9. The maximum atomic E-state index is 2.44. The van der Waals surface area contributed by atoms with Gasteiger partial charge in [0.25, 0.3) is 0 Å². The maximum absolute atomic E-state index is 2.44. The highest BCUT2D eigenvalue weighted by Crippen LogP contribution is 2.11. The summed E-state index contributed by atoms with van der Waals surface area (Å²) in [5.41, 5.74) is 1.39. The van der Waals surface area contributed by atoms with Crippen molar-refractivity contribution in [1.29, 1.82) is 0 Å². The average Bonchev–Trinajstić information content (AvgIpc) is 2.46. The Bertz CT molecular complexity index is 512. The van der Waals surface area contributed by atoms with Crippen LogP contribution in [0.2, 0.25) is 19.1 Å². The van der Waals surface area contributed by atoms with Crippen LogP contribution in [0.25, 0.3) is 0 Å². The van der Waals surface area contributed by atoms with E-state index in [0.29, 0.717) is 0 Å². The first-order valence-electron chi connectivity index (χ1n) is 6.93. The van der Waals surface area contributed by atoms with Crippen LogP contribution < -0.4 is 5.19 Å². The quantitative estimate of drug-likeness (QED) is 0.556. The van der Waals surface area contributed by atoms with Crippen molar-refractivity contribution in [2.45, 2.75) is 25.6 Å². The van der Waals surface area contributed by atoms with E-state index in [1.807, 2.05) is 0 Å². The van der Waals surface area contributed by atoms with E-state index in [1.54, 1.807) is 5.19 Å². The number of hydrogen-bond donors (Lipinski definition) is 0. The van der Waals surface area contributed by atoms with Crippen molar-refractivity contribution in [3.8, 4) is 0 Å². The highest BCUT2D eigenvalue weighted by molar-refractivity contribution is 6.90. The zero-order valence-electron chi connectivity index (χ0n) is 11.8. The maximum Gasteiger partial charge on any atom is 0.0843 e. The fourth-order valence-electron chi connectivity index (χ4n) is 2.22. The van der Waals surface area contributed by atoms with Gasteiger partial charge >= 0.3 is 0 Å². The standard InChI is InChI=1S/C18H22Si/c1-19(2,18-14-7-4-8-15-18)16-10-9-13-17-11-5-3-6-12-17/h3-12,14-15H,13,16H2,1-2H3/b10-9+. The molecule has 2 rings (SSSR count). The fourth-order valence-corrected chi connectivity index (χ4v) is 4.31. The van der Waals surface area contributed by atoms with Gasteiger partial charge in [-0.05, 0) is 18.0 Å². The third-order valence-electron chi connectivity index (χ3n) is 3.55. The molecule has 0 aliphatic carbocycles. The lowest BCUT2D eigenvalue weighted by molar-refractivity contribution is 1.26. The predicted octanol–water partition coefficient (Wildman–Crippen LogP) is 4.40. The van der Waals surface area contributed by atoms with E-state index in [1.165, 1.54) is 11.6 Å². The van der Waals surface area contributed by atoms with Crippen LogP contribution in [0, 0.1) is 0 Å². The van der Waals surface area contributed by atoms with Gasteiger partial charge in [-0.25, -0.2) is 0 Å². The van der Waals surface area contributed by atoms with Gasteiger partial charge in [-0.2, -0.15) is 0 Å².